The van der Waals surface area contributed by atoms with Crippen molar-refractivity contribution in [2.75, 3.05) is 20.1 Å². The highest BCUT2D eigenvalue weighted by Crippen LogP contribution is 2.46. The molecule has 1 aromatic heterocycles. The number of imide groups is 1. The van der Waals surface area contributed by atoms with Gasteiger partial charge in [0.25, 0.3) is 11.8 Å². The van der Waals surface area contributed by atoms with Gasteiger partial charge in [-0.3, -0.25) is 24.3 Å². The molecule has 1 aromatic rings. The Morgan fingerprint density at radius 2 is 2.06 bits per heavy atom. The van der Waals surface area contributed by atoms with Crippen LogP contribution in [0, 0.1) is 5.92 Å². The standard InChI is InChI=1S/C24H24N4O3/c1-14-12-15(18-7-3-4-10-25-18)8-9-16-20(14)21(16)26-19(29)13-28-11-5-6-17-22(28)24(31)27(2)23(17)30/h3-4,7-10,12,20-21H,5-6,11,13H2,1-2H3,(H,26,29). The summed E-state index contributed by atoms with van der Waals surface area (Å²) in [5.41, 5.74) is 5.29. The van der Waals surface area contributed by atoms with E-state index in [9.17, 15) is 14.4 Å². The number of carbonyl (C=O) groups excluding carboxylic acids is 3. The molecular formula is C24H24N4O3. The van der Waals surface area contributed by atoms with Gasteiger partial charge in [-0.15, -0.1) is 0 Å². The molecule has 4 aliphatic rings. The lowest BCUT2D eigenvalue weighted by Crippen LogP contribution is -2.42. The first-order chi connectivity index (χ1) is 15.0. The van der Waals surface area contributed by atoms with Gasteiger partial charge in [-0.25, -0.2) is 0 Å². The first kappa shape index (κ1) is 19.5. The van der Waals surface area contributed by atoms with Crippen LogP contribution in [0.3, 0.4) is 0 Å². The summed E-state index contributed by atoms with van der Waals surface area (Å²) in [4.78, 5) is 44.8. The third-order valence-electron chi connectivity index (χ3n) is 6.41. The van der Waals surface area contributed by atoms with Crippen molar-refractivity contribution in [1.82, 2.24) is 20.1 Å². The quantitative estimate of drug-likeness (QED) is 0.757. The summed E-state index contributed by atoms with van der Waals surface area (Å²) in [5.74, 6) is -0.489. The number of carbonyl (C=O) groups is 3. The van der Waals surface area contributed by atoms with E-state index in [1.807, 2.05) is 24.3 Å². The van der Waals surface area contributed by atoms with Crippen LogP contribution in [0.5, 0.6) is 0 Å². The summed E-state index contributed by atoms with van der Waals surface area (Å²) in [5, 5.41) is 3.11. The maximum absolute atomic E-state index is 12.8. The summed E-state index contributed by atoms with van der Waals surface area (Å²) in [6, 6.07) is 5.83. The van der Waals surface area contributed by atoms with E-state index in [1.165, 1.54) is 18.2 Å². The minimum atomic E-state index is -0.308. The van der Waals surface area contributed by atoms with Crippen LogP contribution in [0.2, 0.25) is 0 Å². The van der Waals surface area contributed by atoms with Gasteiger partial charge in [-0.1, -0.05) is 29.9 Å². The third kappa shape index (κ3) is 3.30. The van der Waals surface area contributed by atoms with Gasteiger partial charge in [0.15, 0.2) is 0 Å². The maximum Gasteiger partial charge on any atom is 0.277 e. The van der Waals surface area contributed by atoms with Crippen LogP contribution < -0.4 is 5.32 Å². The van der Waals surface area contributed by atoms with Crippen LogP contribution in [0.4, 0.5) is 0 Å². The van der Waals surface area contributed by atoms with Gasteiger partial charge in [0, 0.05) is 36.9 Å². The Labute approximate surface area is 180 Å². The van der Waals surface area contributed by atoms with Crippen LogP contribution in [0.1, 0.15) is 25.5 Å². The molecule has 1 saturated carbocycles. The van der Waals surface area contributed by atoms with E-state index in [4.69, 9.17) is 0 Å². The lowest BCUT2D eigenvalue weighted by atomic mass is 10.0. The number of fused-ring (bicyclic) bond motifs is 1. The smallest absolute Gasteiger partial charge is 0.277 e. The zero-order valence-corrected chi connectivity index (χ0v) is 17.6. The molecule has 5 rings (SSSR count). The number of hydrogen-bond acceptors (Lipinski definition) is 5. The average molecular weight is 416 g/mol. The number of aromatic nitrogens is 1. The Morgan fingerprint density at radius 3 is 2.84 bits per heavy atom. The van der Waals surface area contributed by atoms with Crippen LogP contribution in [0.15, 0.2) is 65.0 Å². The Kier molecular flexibility index (Phi) is 4.61. The lowest BCUT2D eigenvalue weighted by molar-refractivity contribution is -0.136. The Balaban J connectivity index is 1.27. The highest BCUT2D eigenvalue weighted by Gasteiger charge is 2.47. The van der Waals surface area contributed by atoms with Gasteiger partial charge in [-0.2, -0.15) is 0 Å². The maximum atomic E-state index is 12.8. The molecule has 7 nitrogen and oxygen atoms in total. The number of allylic oxidation sites excluding steroid dienone is 4. The molecule has 0 aromatic carbocycles. The van der Waals surface area contributed by atoms with Crippen molar-refractivity contribution >= 4 is 23.3 Å². The average Bonchev–Trinajstić information content (AvgIpc) is 3.44. The molecule has 7 heteroatoms. The highest BCUT2D eigenvalue weighted by atomic mass is 16.2. The van der Waals surface area contributed by atoms with Gasteiger partial charge in [-0.05, 0) is 37.5 Å². The van der Waals surface area contributed by atoms with Crippen molar-refractivity contribution in [2.24, 2.45) is 5.92 Å². The molecule has 0 radical (unpaired) electrons. The van der Waals surface area contributed by atoms with E-state index >= 15 is 0 Å². The zero-order valence-electron chi connectivity index (χ0n) is 17.6. The normalized spacial score (nSPS) is 24.8. The highest BCUT2D eigenvalue weighted by molar-refractivity contribution is 6.19. The van der Waals surface area contributed by atoms with Crippen LogP contribution in [0.25, 0.3) is 5.57 Å². The summed E-state index contributed by atoms with van der Waals surface area (Å²) < 4.78 is 0. The fourth-order valence-electron chi connectivity index (χ4n) is 4.79. The fourth-order valence-corrected chi connectivity index (χ4v) is 4.79. The number of likely N-dealkylation sites (N-methyl/N-ethyl adjacent to an activating group) is 1. The number of amides is 3. The molecule has 0 bridgehead atoms. The minimum absolute atomic E-state index is 0.0212. The number of nitrogens with one attached hydrogen (secondary N) is 1. The van der Waals surface area contributed by atoms with Gasteiger partial charge in [0.1, 0.15) is 5.70 Å². The van der Waals surface area contributed by atoms with Gasteiger partial charge < -0.3 is 10.2 Å². The SMILES string of the molecule is CC1=CC(c2ccccn2)=CC=C2C(NC(=O)CN3CCCC4=C3C(=O)N(C)C4=O)C12. The molecule has 2 unspecified atom stereocenters. The number of pyridine rings is 1. The van der Waals surface area contributed by atoms with Gasteiger partial charge in [0.2, 0.25) is 5.91 Å². The Morgan fingerprint density at radius 1 is 1.23 bits per heavy atom. The number of rotatable bonds is 4. The monoisotopic (exact) mass is 416 g/mol. The summed E-state index contributed by atoms with van der Waals surface area (Å²) in [7, 11) is 1.49. The molecule has 158 valence electrons. The van der Waals surface area contributed by atoms with Crippen LogP contribution >= 0.6 is 0 Å². The van der Waals surface area contributed by atoms with Gasteiger partial charge in [0.05, 0.1) is 18.3 Å². The summed E-state index contributed by atoms with van der Waals surface area (Å²) in [6.45, 7) is 2.76. The fraction of sp³-hybridized carbons (Fsp3) is 0.333. The second-order valence-electron chi connectivity index (χ2n) is 8.44. The number of hydrogen-bond donors (Lipinski definition) is 1. The molecule has 1 fully saturated rings. The van der Waals surface area contributed by atoms with E-state index in [1.54, 1.807) is 11.1 Å². The second kappa shape index (κ2) is 7.34. The molecule has 3 amide bonds. The molecule has 2 aliphatic carbocycles. The van der Waals surface area contributed by atoms with Crippen molar-refractivity contribution in [3.63, 3.8) is 0 Å². The van der Waals surface area contributed by atoms with Crippen molar-refractivity contribution in [3.05, 3.63) is 70.7 Å². The minimum Gasteiger partial charge on any atom is -0.357 e. The summed E-state index contributed by atoms with van der Waals surface area (Å²) in [6.07, 6.45) is 9.38. The van der Waals surface area contributed by atoms with Crippen molar-refractivity contribution in [1.29, 1.82) is 0 Å². The van der Waals surface area contributed by atoms with E-state index in [0.717, 1.165) is 22.6 Å². The van der Waals surface area contributed by atoms with E-state index in [0.29, 0.717) is 24.2 Å². The molecule has 3 heterocycles. The molecule has 0 saturated heterocycles. The predicted molar refractivity (Wildman–Crippen MR) is 115 cm³/mol. The molecule has 31 heavy (non-hydrogen) atoms. The Bertz CT molecular complexity index is 1110. The molecular weight excluding hydrogens is 392 g/mol. The van der Waals surface area contributed by atoms with Crippen LogP contribution in [-0.2, 0) is 14.4 Å². The van der Waals surface area contributed by atoms with Crippen molar-refractivity contribution in [2.45, 2.75) is 25.8 Å². The van der Waals surface area contributed by atoms with Crippen molar-refractivity contribution < 1.29 is 14.4 Å². The first-order valence-electron chi connectivity index (χ1n) is 10.6. The lowest BCUT2D eigenvalue weighted by Gasteiger charge is -2.28. The largest absolute Gasteiger partial charge is 0.357 e. The van der Waals surface area contributed by atoms with Crippen molar-refractivity contribution in [3.8, 4) is 0 Å². The van der Waals surface area contributed by atoms with Crippen LogP contribution in [-0.4, -0.2) is 58.7 Å². The molecule has 0 spiro atoms. The predicted octanol–water partition coefficient (Wildman–Crippen LogP) is 1.81. The van der Waals surface area contributed by atoms with E-state index in [2.05, 4.69) is 29.4 Å². The number of nitrogens with zero attached hydrogens (tertiary/aromatic N) is 3. The summed E-state index contributed by atoms with van der Waals surface area (Å²) >= 11 is 0. The Hall–Kier alpha value is -3.48. The van der Waals surface area contributed by atoms with E-state index < -0.39 is 0 Å². The second-order valence-corrected chi connectivity index (χ2v) is 8.44. The molecule has 2 atom stereocenters. The first-order valence-corrected chi connectivity index (χ1v) is 10.6. The topological polar surface area (TPSA) is 82.6 Å². The van der Waals surface area contributed by atoms with E-state index in [-0.39, 0.29) is 36.2 Å². The third-order valence-corrected chi connectivity index (χ3v) is 6.41. The zero-order chi connectivity index (χ0) is 21.7. The molecule has 1 N–H and O–H groups in total. The van der Waals surface area contributed by atoms with Gasteiger partial charge >= 0.3 is 0 Å². The molecule has 2 aliphatic heterocycles.